The summed E-state index contributed by atoms with van der Waals surface area (Å²) < 4.78 is 0. The highest BCUT2D eigenvalue weighted by Gasteiger charge is 2.08. The molecular weight excluding hydrogens is 262 g/mol. The van der Waals surface area contributed by atoms with Crippen molar-refractivity contribution in [3.63, 3.8) is 0 Å². The number of carbonyl (C=O) groups is 1. The van der Waals surface area contributed by atoms with Gasteiger partial charge in [0.2, 0.25) is 0 Å². The lowest BCUT2D eigenvalue weighted by Gasteiger charge is -1.96. The van der Waals surface area contributed by atoms with Gasteiger partial charge in [-0.15, -0.1) is 11.3 Å². The predicted octanol–water partition coefficient (Wildman–Crippen LogP) is 3.67. The maximum atomic E-state index is 11.7. The Balaban J connectivity index is 2.00. The van der Waals surface area contributed by atoms with E-state index < -0.39 is 0 Å². The van der Waals surface area contributed by atoms with Gasteiger partial charge in [-0.25, -0.2) is 4.98 Å². The molecule has 1 aromatic carbocycles. The van der Waals surface area contributed by atoms with Gasteiger partial charge in [0, 0.05) is 10.9 Å². The van der Waals surface area contributed by atoms with Crippen molar-refractivity contribution in [2.24, 2.45) is 0 Å². The molecule has 0 bridgehead atoms. The molecule has 0 saturated carbocycles. The summed E-state index contributed by atoms with van der Waals surface area (Å²) in [6.07, 6.45) is 0.463. The first-order chi connectivity index (χ1) is 8.79. The van der Waals surface area contributed by atoms with Crippen LogP contribution >= 0.6 is 23.1 Å². The lowest BCUT2D eigenvalue weighted by atomic mass is 10.2. The fraction of sp³-hybridized carbons (Fsp3) is 0.286. The third kappa shape index (κ3) is 3.68. The Hall–Kier alpha value is -1.13. The second kappa shape index (κ2) is 6.71. The lowest BCUT2D eigenvalue weighted by molar-refractivity contribution is -0.115. The van der Waals surface area contributed by atoms with E-state index in [1.807, 2.05) is 35.7 Å². The van der Waals surface area contributed by atoms with Gasteiger partial charge in [0.1, 0.15) is 10.8 Å². The van der Waals surface area contributed by atoms with Crippen molar-refractivity contribution in [2.75, 3.05) is 11.5 Å². The number of thioether (sulfide) groups is 1. The molecule has 0 amide bonds. The molecule has 4 heteroatoms. The van der Waals surface area contributed by atoms with Crippen LogP contribution in [0.1, 0.15) is 11.9 Å². The van der Waals surface area contributed by atoms with Gasteiger partial charge < -0.3 is 0 Å². The molecule has 0 N–H and O–H groups in total. The van der Waals surface area contributed by atoms with Crippen molar-refractivity contribution >= 4 is 28.9 Å². The second-order valence-electron chi connectivity index (χ2n) is 3.85. The molecule has 0 unspecified atom stereocenters. The van der Waals surface area contributed by atoms with Crippen molar-refractivity contribution in [3.8, 4) is 11.3 Å². The van der Waals surface area contributed by atoms with E-state index in [0.717, 1.165) is 22.0 Å². The number of Topliss-reactive ketones (excluding diaryl/α,β-unsaturated/α-hetero) is 1. The van der Waals surface area contributed by atoms with Gasteiger partial charge in [0.25, 0.3) is 0 Å². The summed E-state index contributed by atoms with van der Waals surface area (Å²) in [4.78, 5) is 16.2. The number of hydrogen-bond donors (Lipinski definition) is 0. The maximum Gasteiger partial charge on any atom is 0.149 e. The molecule has 1 heterocycles. The number of aromatic nitrogens is 1. The number of rotatable bonds is 6. The third-order valence-corrected chi connectivity index (χ3v) is 4.22. The summed E-state index contributed by atoms with van der Waals surface area (Å²) in [7, 11) is 0. The van der Waals surface area contributed by atoms with E-state index in [1.165, 1.54) is 0 Å². The van der Waals surface area contributed by atoms with Gasteiger partial charge in [0.05, 0.1) is 17.9 Å². The van der Waals surface area contributed by atoms with Crippen molar-refractivity contribution in [3.05, 3.63) is 40.7 Å². The van der Waals surface area contributed by atoms with Crippen LogP contribution in [0.3, 0.4) is 0 Å². The minimum absolute atomic E-state index is 0.260. The normalized spacial score (nSPS) is 10.5. The Morgan fingerprint density at radius 2 is 2.11 bits per heavy atom. The van der Waals surface area contributed by atoms with Gasteiger partial charge in [-0.05, 0) is 5.75 Å². The fourth-order valence-corrected chi connectivity index (χ4v) is 2.93. The first-order valence-corrected chi connectivity index (χ1v) is 7.92. The van der Waals surface area contributed by atoms with Gasteiger partial charge in [0.15, 0.2) is 0 Å². The summed E-state index contributed by atoms with van der Waals surface area (Å²) in [6.45, 7) is 2.06. The van der Waals surface area contributed by atoms with E-state index in [-0.39, 0.29) is 5.78 Å². The Morgan fingerprint density at radius 1 is 1.33 bits per heavy atom. The molecule has 0 aliphatic rings. The topological polar surface area (TPSA) is 30.0 Å². The van der Waals surface area contributed by atoms with Crippen molar-refractivity contribution in [1.82, 2.24) is 4.98 Å². The number of carbonyl (C=O) groups excluding carboxylic acids is 1. The number of ketones is 1. The number of benzene rings is 1. The van der Waals surface area contributed by atoms with Crippen LogP contribution in [0.15, 0.2) is 35.7 Å². The zero-order chi connectivity index (χ0) is 12.8. The molecule has 2 rings (SSSR count). The molecule has 0 aliphatic carbocycles. The zero-order valence-corrected chi connectivity index (χ0v) is 11.9. The standard InChI is InChI=1S/C14H15NOS2/c1-2-17-9-12(16)8-14-15-13(10-18-14)11-6-4-3-5-7-11/h3-7,10H,2,8-9H2,1H3. The SMILES string of the molecule is CCSCC(=O)Cc1nc(-c2ccccc2)cs1. The Bertz CT molecular complexity index is 508. The summed E-state index contributed by atoms with van der Waals surface area (Å²) >= 11 is 3.23. The summed E-state index contributed by atoms with van der Waals surface area (Å²) in [5, 5.41) is 2.93. The smallest absolute Gasteiger partial charge is 0.149 e. The first-order valence-electron chi connectivity index (χ1n) is 5.89. The third-order valence-electron chi connectivity index (χ3n) is 2.44. The molecule has 0 radical (unpaired) electrons. The molecule has 0 atom stereocenters. The van der Waals surface area contributed by atoms with Crippen LogP contribution < -0.4 is 0 Å². The highest BCUT2D eigenvalue weighted by atomic mass is 32.2. The maximum absolute atomic E-state index is 11.7. The monoisotopic (exact) mass is 277 g/mol. The molecular formula is C14H15NOS2. The Morgan fingerprint density at radius 3 is 2.83 bits per heavy atom. The van der Waals surface area contributed by atoms with E-state index in [4.69, 9.17) is 0 Å². The molecule has 0 fully saturated rings. The van der Waals surface area contributed by atoms with Crippen LogP contribution in [0.2, 0.25) is 0 Å². The second-order valence-corrected chi connectivity index (χ2v) is 6.06. The summed E-state index contributed by atoms with van der Waals surface area (Å²) in [6, 6.07) is 10.1. The Kier molecular flexibility index (Phi) is 4.96. The van der Waals surface area contributed by atoms with Crippen LogP contribution in [0, 0.1) is 0 Å². The highest BCUT2D eigenvalue weighted by Crippen LogP contribution is 2.22. The molecule has 1 aromatic heterocycles. The average molecular weight is 277 g/mol. The molecule has 0 saturated heterocycles. The molecule has 0 aliphatic heterocycles. The molecule has 0 spiro atoms. The first kappa shape index (κ1) is 13.3. The number of hydrogen-bond acceptors (Lipinski definition) is 4. The Labute approximate surface area is 115 Å². The largest absolute Gasteiger partial charge is 0.298 e. The quantitative estimate of drug-likeness (QED) is 0.807. The van der Waals surface area contributed by atoms with Gasteiger partial charge in [-0.3, -0.25) is 4.79 Å². The summed E-state index contributed by atoms with van der Waals surface area (Å²) in [5.41, 5.74) is 2.07. The van der Waals surface area contributed by atoms with Crippen molar-refractivity contribution < 1.29 is 4.79 Å². The van der Waals surface area contributed by atoms with Crippen molar-refractivity contribution in [1.29, 1.82) is 0 Å². The molecule has 94 valence electrons. The molecule has 2 nitrogen and oxygen atoms in total. The predicted molar refractivity (Wildman–Crippen MR) is 79.3 cm³/mol. The van der Waals surface area contributed by atoms with Crippen LogP contribution in [-0.4, -0.2) is 22.3 Å². The highest BCUT2D eigenvalue weighted by molar-refractivity contribution is 7.99. The van der Waals surface area contributed by atoms with E-state index in [1.54, 1.807) is 23.1 Å². The molecule has 2 aromatic rings. The van der Waals surface area contributed by atoms with Crippen LogP contribution in [0.4, 0.5) is 0 Å². The van der Waals surface area contributed by atoms with E-state index in [0.29, 0.717) is 12.2 Å². The van der Waals surface area contributed by atoms with Crippen LogP contribution in [0.5, 0.6) is 0 Å². The zero-order valence-electron chi connectivity index (χ0n) is 10.3. The van der Waals surface area contributed by atoms with Crippen LogP contribution in [-0.2, 0) is 11.2 Å². The van der Waals surface area contributed by atoms with Crippen molar-refractivity contribution in [2.45, 2.75) is 13.3 Å². The number of thiazole rings is 1. The van der Waals surface area contributed by atoms with E-state index >= 15 is 0 Å². The minimum atomic E-state index is 0.260. The average Bonchev–Trinajstić information content (AvgIpc) is 2.86. The number of nitrogens with zero attached hydrogens (tertiary/aromatic N) is 1. The summed E-state index contributed by atoms with van der Waals surface area (Å²) in [5.74, 6) is 1.84. The fourth-order valence-electron chi connectivity index (χ4n) is 1.57. The van der Waals surface area contributed by atoms with Gasteiger partial charge in [-0.1, -0.05) is 37.3 Å². The van der Waals surface area contributed by atoms with E-state index in [2.05, 4.69) is 11.9 Å². The van der Waals surface area contributed by atoms with E-state index in [9.17, 15) is 4.79 Å². The van der Waals surface area contributed by atoms with Gasteiger partial charge in [-0.2, -0.15) is 11.8 Å². The van der Waals surface area contributed by atoms with Crippen LogP contribution in [0.25, 0.3) is 11.3 Å². The lowest BCUT2D eigenvalue weighted by Crippen LogP contribution is -2.05. The minimum Gasteiger partial charge on any atom is -0.298 e. The van der Waals surface area contributed by atoms with Gasteiger partial charge >= 0.3 is 0 Å². The molecule has 18 heavy (non-hydrogen) atoms.